The van der Waals surface area contributed by atoms with Crippen LogP contribution in [-0.2, 0) is 0 Å². The van der Waals surface area contributed by atoms with Crippen LogP contribution in [0.4, 0.5) is 5.69 Å². The molecule has 1 nitrogen and oxygen atoms in total. The molecule has 1 atom stereocenters. The van der Waals surface area contributed by atoms with E-state index in [9.17, 15) is 0 Å². The highest BCUT2D eigenvalue weighted by Gasteiger charge is 2.08. The summed E-state index contributed by atoms with van der Waals surface area (Å²) in [6, 6.07) is 21.0. The topological polar surface area (TPSA) is 12.0 Å². The van der Waals surface area contributed by atoms with Gasteiger partial charge in [-0.2, -0.15) is 0 Å². The molecular formula is C16H17N. The smallest absolute Gasteiger partial charge is 0.0548 e. The Labute approximate surface area is 103 Å². The molecule has 1 heteroatoms. The van der Waals surface area contributed by atoms with E-state index in [0.29, 0.717) is 0 Å². The Morgan fingerprint density at radius 1 is 0.941 bits per heavy atom. The maximum Gasteiger partial charge on any atom is 0.0548 e. The Morgan fingerprint density at radius 3 is 2.12 bits per heavy atom. The van der Waals surface area contributed by atoms with Crippen molar-refractivity contribution in [3.63, 3.8) is 0 Å². The van der Waals surface area contributed by atoms with Gasteiger partial charge in [-0.15, -0.1) is 6.58 Å². The van der Waals surface area contributed by atoms with Crippen molar-refractivity contribution in [3.05, 3.63) is 78.9 Å². The fourth-order valence-corrected chi connectivity index (χ4v) is 1.87. The van der Waals surface area contributed by atoms with Crippen molar-refractivity contribution < 1.29 is 0 Å². The molecule has 1 N–H and O–H groups in total. The Kier molecular flexibility index (Phi) is 3.98. The van der Waals surface area contributed by atoms with E-state index in [4.69, 9.17) is 0 Å². The molecule has 0 radical (unpaired) electrons. The zero-order chi connectivity index (χ0) is 11.9. The summed E-state index contributed by atoms with van der Waals surface area (Å²) >= 11 is 0. The van der Waals surface area contributed by atoms with Crippen LogP contribution in [0.25, 0.3) is 0 Å². The Bertz CT molecular complexity index is 447. The standard InChI is InChI=1S/C16H17N/c1-2-9-16(14-10-5-3-6-11-14)17-15-12-7-4-8-13-15/h2-8,10-13,16-17H,1,9H2. The van der Waals surface area contributed by atoms with Crippen LogP contribution < -0.4 is 5.32 Å². The van der Waals surface area contributed by atoms with Gasteiger partial charge in [0.15, 0.2) is 0 Å². The summed E-state index contributed by atoms with van der Waals surface area (Å²) in [7, 11) is 0. The summed E-state index contributed by atoms with van der Waals surface area (Å²) in [4.78, 5) is 0. The first kappa shape index (κ1) is 11.5. The van der Waals surface area contributed by atoms with Gasteiger partial charge in [-0.3, -0.25) is 0 Å². The predicted octanol–water partition coefficient (Wildman–Crippen LogP) is 4.42. The van der Waals surface area contributed by atoms with Gasteiger partial charge in [0.2, 0.25) is 0 Å². The van der Waals surface area contributed by atoms with Gasteiger partial charge in [0.25, 0.3) is 0 Å². The quantitative estimate of drug-likeness (QED) is 0.740. The van der Waals surface area contributed by atoms with Crippen LogP contribution in [0.2, 0.25) is 0 Å². The van der Waals surface area contributed by atoms with Gasteiger partial charge < -0.3 is 5.32 Å². The molecule has 86 valence electrons. The summed E-state index contributed by atoms with van der Waals surface area (Å²) in [6.07, 6.45) is 2.87. The van der Waals surface area contributed by atoms with E-state index in [1.165, 1.54) is 5.56 Å². The van der Waals surface area contributed by atoms with Gasteiger partial charge in [0.1, 0.15) is 0 Å². The van der Waals surface area contributed by atoms with Gasteiger partial charge >= 0.3 is 0 Å². The molecule has 0 heterocycles. The van der Waals surface area contributed by atoms with Crippen molar-refractivity contribution in [1.82, 2.24) is 0 Å². The van der Waals surface area contributed by atoms with Crippen LogP contribution in [0.15, 0.2) is 73.3 Å². The molecule has 0 saturated heterocycles. The van der Waals surface area contributed by atoms with Gasteiger partial charge in [0, 0.05) is 5.69 Å². The summed E-state index contributed by atoms with van der Waals surface area (Å²) in [6.45, 7) is 3.83. The Balaban J connectivity index is 2.16. The maximum absolute atomic E-state index is 3.83. The zero-order valence-corrected chi connectivity index (χ0v) is 9.84. The van der Waals surface area contributed by atoms with Crippen molar-refractivity contribution in [2.75, 3.05) is 5.32 Å². The third kappa shape index (κ3) is 3.22. The fraction of sp³-hybridized carbons (Fsp3) is 0.125. The highest BCUT2D eigenvalue weighted by Crippen LogP contribution is 2.22. The van der Waals surface area contributed by atoms with Crippen LogP contribution in [0.1, 0.15) is 18.0 Å². The molecular weight excluding hydrogens is 206 g/mol. The highest BCUT2D eigenvalue weighted by atomic mass is 14.9. The molecule has 0 amide bonds. The molecule has 0 aliphatic heterocycles. The summed E-state index contributed by atoms with van der Waals surface area (Å²) in [5.74, 6) is 0. The van der Waals surface area contributed by atoms with Gasteiger partial charge in [-0.25, -0.2) is 0 Å². The fourth-order valence-electron chi connectivity index (χ4n) is 1.87. The first-order chi connectivity index (χ1) is 8.40. The first-order valence-electron chi connectivity index (χ1n) is 5.87. The number of rotatable bonds is 5. The van der Waals surface area contributed by atoms with E-state index < -0.39 is 0 Å². The molecule has 0 aliphatic carbocycles. The minimum atomic E-state index is 0.288. The van der Waals surface area contributed by atoms with Crippen LogP contribution in [0.5, 0.6) is 0 Å². The molecule has 1 unspecified atom stereocenters. The number of nitrogens with one attached hydrogen (secondary N) is 1. The largest absolute Gasteiger partial charge is 0.378 e. The maximum atomic E-state index is 3.83. The average Bonchev–Trinajstić information content (AvgIpc) is 2.40. The molecule has 0 bridgehead atoms. The normalized spacial score (nSPS) is 11.8. The Hall–Kier alpha value is -2.02. The predicted molar refractivity (Wildman–Crippen MR) is 74.1 cm³/mol. The minimum absolute atomic E-state index is 0.288. The van der Waals surface area contributed by atoms with E-state index in [-0.39, 0.29) is 6.04 Å². The van der Waals surface area contributed by atoms with E-state index in [0.717, 1.165) is 12.1 Å². The highest BCUT2D eigenvalue weighted by molar-refractivity contribution is 5.45. The van der Waals surface area contributed by atoms with Crippen LogP contribution in [0, 0.1) is 0 Å². The second-order valence-electron chi connectivity index (χ2n) is 4.00. The monoisotopic (exact) mass is 223 g/mol. The van der Waals surface area contributed by atoms with Crippen molar-refractivity contribution in [2.45, 2.75) is 12.5 Å². The first-order valence-corrected chi connectivity index (χ1v) is 5.87. The molecule has 0 saturated carbocycles. The van der Waals surface area contributed by atoms with Crippen LogP contribution in [-0.4, -0.2) is 0 Å². The molecule has 0 spiro atoms. The molecule has 2 aromatic rings. The number of hydrogen-bond donors (Lipinski definition) is 1. The van der Waals surface area contributed by atoms with Crippen molar-refractivity contribution in [1.29, 1.82) is 0 Å². The minimum Gasteiger partial charge on any atom is -0.378 e. The molecule has 2 aromatic carbocycles. The number of benzene rings is 2. The molecule has 0 aromatic heterocycles. The number of hydrogen-bond acceptors (Lipinski definition) is 1. The third-order valence-electron chi connectivity index (χ3n) is 2.72. The average molecular weight is 223 g/mol. The van der Waals surface area contributed by atoms with E-state index in [1.807, 2.05) is 30.3 Å². The lowest BCUT2D eigenvalue weighted by molar-refractivity contribution is 0.799. The SMILES string of the molecule is C=CCC(Nc1ccccc1)c1ccccc1. The molecule has 0 aliphatic rings. The third-order valence-corrected chi connectivity index (χ3v) is 2.72. The lowest BCUT2D eigenvalue weighted by Gasteiger charge is -2.18. The summed E-state index contributed by atoms with van der Waals surface area (Å²) in [5.41, 5.74) is 2.43. The van der Waals surface area contributed by atoms with Crippen LogP contribution in [0.3, 0.4) is 0 Å². The van der Waals surface area contributed by atoms with E-state index in [2.05, 4.69) is 48.3 Å². The van der Waals surface area contributed by atoms with Crippen molar-refractivity contribution in [2.24, 2.45) is 0 Å². The zero-order valence-electron chi connectivity index (χ0n) is 9.84. The van der Waals surface area contributed by atoms with E-state index in [1.54, 1.807) is 0 Å². The Morgan fingerprint density at radius 2 is 1.53 bits per heavy atom. The van der Waals surface area contributed by atoms with Gasteiger partial charge in [-0.1, -0.05) is 54.6 Å². The van der Waals surface area contributed by atoms with Crippen molar-refractivity contribution >= 4 is 5.69 Å². The summed E-state index contributed by atoms with van der Waals surface area (Å²) < 4.78 is 0. The van der Waals surface area contributed by atoms with E-state index >= 15 is 0 Å². The second-order valence-corrected chi connectivity index (χ2v) is 4.00. The molecule has 2 rings (SSSR count). The molecule has 17 heavy (non-hydrogen) atoms. The number of anilines is 1. The van der Waals surface area contributed by atoms with Crippen LogP contribution >= 0.6 is 0 Å². The lowest BCUT2D eigenvalue weighted by atomic mass is 10.0. The second kappa shape index (κ2) is 5.90. The molecule has 0 fully saturated rings. The number of para-hydroxylation sites is 1. The van der Waals surface area contributed by atoms with Crippen molar-refractivity contribution in [3.8, 4) is 0 Å². The lowest BCUT2D eigenvalue weighted by Crippen LogP contribution is -2.09. The van der Waals surface area contributed by atoms with Gasteiger partial charge in [-0.05, 0) is 24.1 Å². The van der Waals surface area contributed by atoms with Gasteiger partial charge in [0.05, 0.1) is 6.04 Å². The summed E-state index contributed by atoms with van der Waals surface area (Å²) in [5, 5.41) is 3.52.